The third-order valence-electron chi connectivity index (χ3n) is 3.68. The number of rotatable bonds is 4. The van der Waals surface area contributed by atoms with E-state index in [1.807, 2.05) is 0 Å². The second kappa shape index (κ2) is 4.88. The van der Waals surface area contributed by atoms with E-state index in [0.717, 1.165) is 13.2 Å². The minimum atomic E-state index is 0.312. The summed E-state index contributed by atoms with van der Waals surface area (Å²) in [6.45, 7) is 15.2. The third kappa shape index (κ3) is 3.56. The van der Waals surface area contributed by atoms with Crippen LogP contribution in [0.4, 0.5) is 0 Å². The van der Waals surface area contributed by atoms with Gasteiger partial charge in [0.15, 0.2) is 0 Å². The zero-order valence-corrected chi connectivity index (χ0v) is 12.9. The van der Waals surface area contributed by atoms with E-state index in [1.165, 1.54) is 13.0 Å². The van der Waals surface area contributed by atoms with Crippen molar-refractivity contribution in [3.8, 4) is 0 Å². The predicted octanol–water partition coefficient (Wildman–Crippen LogP) is 2.87. The van der Waals surface area contributed by atoms with Gasteiger partial charge in [-0.05, 0) is 25.7 Å². The Hall–Kier alpha value is 0.650. The van der Waals surface area contributed by atoms with Gasteiger partial charge in [0.05, 0.1) is 0 Å². The molecule has 1 unspecified atom stereocenters. The summed E-state index contributed by atoms with van der Waals surface area (Å²) in [6.07, 6.45) is 1.26. The van der Waals surface area contributed by atoms with Gasteiger partial charge in [-0.2, -0.15) is 0 Å². The molecule has 0 aromatic rings. The first-order chi connectivity index (χ1) is 6.76. The Kier molecular flexibility index (Phi) is 4.46. The zero-order valence-electron chi connectivity index (χ0n) is 10.7. The highest BCUT2D eigenvalue weighted by atomic mass is 127. The first kappa shape index (κ1) is 13.7. The number of nitrogens with zero attached hydrogens (tertiary/aromatic N) is 1. The van der Waals surface area contributed by atoms with Gasteiger partial charge in [0.2, 0.25) is 0 Å². The van der Waals surface area contributed by atoms with E-state index >= 15 is 0 Å². The molecule has 90 valence electrons. The lowest BCUT2D eigenvalue weighted by Gasteiger charge is -2.42. The van der Waals surface area contributed by atoms with Crippen molar-refractivity contribution in [3.63, 3.8) is 0 Å². The number of halogens is 1. The Morgan fingerprint density at radius 2 is 1.93 bits per heavy atom. The van der Waals surface area contributed by atoms with Crippen molar-refractivity contribution in [2.45, 2.75) is 50.5 Å². The normalized spacial score (nSPS) is 22.0. The van der Waals surface area contributed by atoms with E-state index < -0.39 is 0 Å². The molecule has 1 fully saturated rings. The van der Waals surface area contributed by atoms with Crippen molar-refractivity contribution in [2.75, 3.05) is 19.8 Å². The molecule has 1 aliphatic heterocycles. The van der Waals surface area contributed by atoms with E-state index in [4.69, 9.17) is 0 Å². The van der Waals surface area contributed by atoms with Gasteiger partial charge in [0.1, 0.15) is 0 Å². The fourth-order valence-electron chi connectivity index (χ4n) is 2.39. The number of hydrogen-bond acceptors (Lipinski definition) is 2. The van der Waals surface area contributed by atoms with Gasteiger partial charge in [-0.3, -0.25) is 4.90 Å². The van der Waals surface area contributed by atoms with Gasteiger partial charge in [-0.15, -0.1) is 0 Å². The van der Waals surface area contributed by atoms with Crippen molar-refractivity contribution in [1.29, 1.82) is 0 Å². The molecule has 1 saturated heterocycles. The summed E-state index contributed by atoms with van der Waals surface area (Å²) in [6, 6.07) is 0. The zero-order chi connectivity index (χ0) is 11.7. The first-order valence-corrected chi connectivity index (χ1v) is 7.10. The van der Waals surface area contributed by atoms with Crippen LogP contribution in [0.1, 0.15) is 41.0 Å². The fourth-order valence-corrected chi connectivity index (χ4v) is 2.61. The molecule has 0 aromatic carbocycles. The Morgan fingerprint density at radius 3 is 2.33 bits per heavy atom. The summed E-state index contributed by atoms with van der Waals surface area (Å²) in [7, 11) is 0. The van der Waals surface area contributed by atoms with E-state index in [0.29, 0.717) is 14.9 Å². The molecule has 2 nitrogen and oxygen atoms in total. The third-order valence-corrected chi connectivity index (χ3v) is 5.37. The Bertz CT molecular complexity index is 206. The molecule has 0 spiro atoms. The van der Waals surface area contributed by atoms with Crippen LogP contribution in [0.25, 0.3) is 0 Å². The van der Waals surface area contributed by atoms with Crippen LogP contribution in [0.3, 0.4) is 0 Å². The molecule has 1 rings (SSSR count). The smallest absolute Gasteiger partial charge is 0.0486 e. The summed E-state index contributed by atoms with van der Waals surface area (Å²) in [5.41, 5.74) is 0.721. The maximum Gasteiger partial charge on any atom is 0.0486 e. The highest BCUT2D eigenvalue weighted by Gasteiger charge is 2.36. The molecule has 1 N–H and O–H groups in total. The molecule has 0 aromatic heterocycles. The van der Waals surface area contributed by atoms with E-state index in [2.05, 4.69) is 67.4 Å². The second-order valence-electron chi connectivity index (χ2n) is 6.02. The molecule has 15 heavy (non-hydrogen) atoms. The van der Waals surface area contributed by atoms with Crippen molar-refractivity contribution < 1.29 is 0 Å². The van der Waals surface area contributed by atoms with Crippen molar-refractivity contribution in [3.05, 3.63) is 0 Å². The van der Waals surface area contributed by atoms with Gasteiger partial charge in [-0.25, -0.2) is 0 Å². The molecular weight excluding hydrogens is 299 g/mol. The maximum absolute atomic E-state index is 3.42. The highest BCUT2D eigenvalue weighted by molar-refractivity contribution is 14.1. The summed E-state index contributed by atoms with van der Waals surface area (Å²) >= 11 is 2.55. The van der Waals surface area contributed by atoms with Crippen molar-refractivity contribution in [1.82, 2.24) is 10.2 Å². The SMILES string of the molecule is CC(I)C(C)(C)CC(C)(C)N1CCNC1. The highest BCUT2D eigenvalue weighted by Crippen LogP contribution is 2.37. The molecule has 3 heteroatoms. The number of nitrogens with one attached hydrogen (secondary N) is 1. The van der Waals surface area contributed by atoms with E-state index in [9.17, 15) is 0 Å². The van der Waals surface area contributed by atoms with Crippen LogP contribution in [0.15, 0.2) is 0 Å². The lowest BCUT2D eigenvalue weighted by atomic mass is 9.77. The van der Waals surface area contributed by atoms with Gasteiger partial charge in [0, 0.05) is 29.2 Å². The standard InChI is InChI=1S/C12H25IN2/c1-10(13)11(2,3)8-12(4,5)15-7-6-14-9-15/h10,14H,6-9H2,1-5H3. The summed E-state index contributed by atoms with van der Waals surface area (Å²) < 4.78 is 0.713. The molecule has 0 radical (unpaired) electrons. The second-order valence-corrected chi connectivity index (χ2v) is 7.88. The van der Waals surface area contributed by atoms with Crippen LogP contribution in [0.5, 0.6) is 0 Å². The molecule has 0 bridgehead atoms. The molecule has 0 aliphatic carbocycles. The van der Waals surface area contributed by atoms with Gasteiger partial charge >= 0.3 is 0 Å². The minimum Gasteiger partial charge on any atom is -0.303 e. The van der Waals surface area contributed by atoms with Crippen LogP contribution < -0.4 is 5.32 Å². The molecular formula is C12H25IN2. The Labute approximate surface area is 108 Å². The Morgan fingerprint density at radius 1 is 1.33 bits per heavy atom. The lowest BCUT2D eigenvalue weighted by Crippen LogP contribution is -2.47. The van der Waals surface area contributed by atoms with E-state index in [-0.39, 0.29) is 0 Å². The van der Waals surface area contributed by atoms with Gasteiger partial charge < -0.3 is 5.32 Å². The summed E-state index contributed by atoms with van der Waals surface area (Å²) in [5.74, 6) is 0. The van der Waals surface area contributed by atoms with Crippen LogP contribution in [-0.2, 0) is 0 Å². The Balaban J connectivity index is 2.62. The van der Waals surface area contributed by atoms with Crippen LogP contribution in [0.2, 0.25) is 0 Å². The topological polar surface area (TPSA) is 15.3 Å². The molecule has 1 atom stereocenters. The van der Waals surface area contributed by atoms with Crippen LogP contribution in [-0.4, -0.2) is 34.1 Å². The van der Waals surface area contributed by atoms with Gasteiger partial charge in [-0.1, -0.05) is 43.4 Å². The molecule has 1 heterocycles. The van der Waals surface area contributed by atoms with Crippen LogP contribution in [0, 0.1) is 5.41 Å². The number of alkyl halides is 1. The summed E-state index contributed by atoms with van der Waals surface area (Å²) in [4.78, 5) is 2.56. The average molecular weight is 324 g/mol. The molecule has 0 amide bonds. The van der Waals surface area contributed by atoms with E-state index in [1.54, 1.807) is 0 Å². The van der Waals surface area contributed by atoms with Crippen molar-refractivity contribution in [2.24, 2.45) is 5.41 Å². The summed E-state index contributed by atoms with van der Waals surface area (Å²) in [5, 5.41) is 3.42. The monoisotopic (exact) mass is 324 g/mol. The minimum absolute atomic E-state index is 0.312. The lowest BCUT2D eigenvalue weighted by molar-refractivity contribution is 0.0958. The van der Waals surface area contributed by atoms with Crippen LogP contribution >= 0.6 is 22.6 Å². The van der Waals surface area contributed by atoms with Gasteiger partial charge in [0.25, 0.3) is 0 Å². The number of hydrogen-bond donors (Lipinski definition) is 1. The predicted molar refractivity (Wildman–Crippen MR) is 75.5 cm³/mol. The van der Waals surface area contributed by atoms with Crippen molar-refractivity contribution >= 4 is 22.6 Å². The average Bonchev–Trinajstić information content (AvgIpc) is 2.53. The first-order valence-electron chi connectivity index (χ1n) is 5.85. The maximum atomic E-state index is 3.42. The molecule has 0 saturated carbocycles. The quantitative estimate of drug-likeness (QED) is 0.632. The molecule has 1 aliphatic rings. The largest absolute Gasteiger partial charge is 0.303 e. The fraction of sp³-hybridized carbons (Fsp3) is 1.00.